The van der Waals surface area contributed by atoms with Crippen LogP contribution in [-0.4, -0.2) is 16.6 Å². The van der Waals surface area contributed by atoms with E-state index in [0.29, 0.717) is 6.42 Å². The van der Waals surface area contributed by atoms with E-state index in [0.717, 1.165) is 37.8 Å². The Morgan fingerprint density at radius 2 is 2.00 bits per heavy atom. The van der Waals surface area contributed by atoms with Crippen molar-refractivity contribution >= 4 is 39.3 Å². The highest BCUT2D eigenvalue weighted by Crippen LogP contribution is 2.27. The lowest BCUT2D eigenvalue weighted by Crippen LogP contribution is -2.15. The number of hydrogen-bond donors (Lipinski definition) is 1. The number of pyridine rings is 1. The van der Waals surface area contributed by atoms with Crippen LogP contribution in [0.25, 0.3) is 0 Å². The average Bonchev–Trinajstić information content (AvgIpc) is 2.45. The Morgan fingerprint density at radius 3 is 2.68 bits per heavy atom. The summed E-state index contributed by atoms with van der Waals surface area (Å²) in [4.78, 5) is 17.7. The predicted molar refractivity (Wildman–Crippen MR) is 96.6 cm³/mol. The highest BCUT2D eigenvalue weighted by atomic mass is 79.9. The Bertz CT molecular complexity index is 665. The molecule has 5 heteroatoms. The highest BCUT2D eigenvalue weighted by Gasteiger charge is 2.09. The third kappa shape index (κ3) is 4.58. The second-order valence-electron chi connectivity index (χ2n) is 5.12. The second kappa shape index (κ2) is 7.79. The second-order valence-corrected chi connectivity index (χ2v) is 7.11. The van der Waals surface area contributed by atoms with E-state index in [9.17, 15) is 4.79 Å². The third-order valence-corrected chi connectivity index (χ3v) is 5.24. The van der Waals surface area contributed by atoms with Crippen molar-refractivity contribution < 1.29 is 4.79 Å². The van der Waals surface area contributed by atoms with Crippen LogP contribution >= 0.6 is 27.7 Å². The quantitative estimate of drug-likeness (QED) is 0.752. The van der Waals surface area contributed by atoms with Crippen LogP contribution in [0.15, 0.2) is 39.7 Å². The Kier molecular flexibility index (Phi) is 6.03. The SMILES string of the molecule is Cc1cc(C)c(NC(=O)CCSc2ccccc2Br)c(C)n1. The third-order valence-electron chi connectivity index (χ3n) is 3.21. The van der Waals surface area contributed by atoms with Crippen molar-refractivity contribution in [2.45, 2.75) is 32.1 Å². The molecule has 0 aliphatic carbocycles. The molecule has 116 valence electrons. The Labute approximate surface area is 144 Å². The summed E-state index contributed by atoms with van der Waals surface area (Å²) in [5.41, 5.74) is 3.72. The first-order valence-corrected chi connectivity index (χ1v) is 8.87. The van der Waals surface area contributed by atoms with Crippen LogP contribution < -0.4 is 5.32 Å². The molecule has 1 amide bonds. The smallest absolute Gasteiger partial charge is 0.225 e. The molecule has 0 atom stereocenters. The molecule has 1 N–H and O–H groups in total. The van der Waals surface area contributed by atoms with E-state index < -0.39 is 0 Å². The largest absolute Gasteiger partial charge is 0.324 e. The topological polar surface area (TPSA) is 42.0 Å². The van der Waals surface area contributed by atoms with Gasteiger partial charge in [-0.3, -0.25) is 9.78 Å². The van der Waals surface area contributed by atoms with E-state index >= 15 is 0 Å². The standard InChI is InChI=1S/C17H19BrN2OS/c1-11-10-12(2)19-13(3)17(11)20-16(21)8-9-22-15-7-5-4-6-14(15)18/h4-7,10H,8-9H2,1-3H3,(H,20,21). The van der Waals surface area contributed by atoms with Gasteiger partial charge in [0, 0.05) is 27.2 Å². The highest BCUT2D eigenvalue weighted by molar-refractivity contribution is 9.10. The minimum atomic E-state index is 0.0245. The summed E-state index contributed by atoms with van der Waals surface area (Å²) in [6, 6.07) is 10.0. The number of hydrogen-bond acceptors (Lipinski definition) is 3. The van der Waals surface area contributed by atoms with E-state index in [-0.39, 0.29) is 5.91 Å². The molecule has 0 bridgehead atoms. The number of benzene rings is 1. The average molecular weight is 379 g/mol. The number of nitrogens with one attached hydrogen (secondary N) is 1. The zero-order chi connectivity index (χ0) is 16.1. The van der Waals surface area contributed by atoms with Gasteiger partial charge < -0.3 is 5.32 Å². The van der Waals surface area contributed by atoms with Crippen molar-refractivity contribution in [3.05, 3.63) is 51.8 Å². The van der Waals surface area contributed by atoms with Gasteiger partial charge in [-0.15, -0.1) is 11.8 Å². The number of rotatable bonds is 5. The van der Waals surface area contributed by atoms with Gasteiger partial charge >= 0.3 is 0 Å². The van der Waals surface area contributed by atoms with Crippen molar-refractivity contribution in [2.24, 2.45) is 0 Å². The molecule has 0 aliphatic rings. The lowest BCUT2D eigenvalue weighted by molar-refractivity contribution is -0.115. The van der Waals surface area contributed by atoms with Gasteiger partial charge in [0.15, 0.2) is 0 Å². The summed E-state index contributed by atoms with van der Waals surface area (Å²) in [7, 11) is 0. The first-order valence-electron chi connectivity index (χ1n) is 7.09. The van der Waals surface area contributed by atoms with Crippen molar-refractivity contribution in [3.63, 3.8) is 0 Å². The zero-order valence-electron chi connectivity index (χ0n) is 12.9. The number of nitrogens with zero attached hydrogens (tertiary/aromatic N) is 1. The zero-order valence-corrected chi connectivity index (χ0v) is 15.3. The molecule has 1 aromatic carbocycles. The summed E-state index contributed by atoms with van der Waals surface area (Å²) >= 11 is 5.19. The van der Waals surface area contributed by atoms with Gasteiger partial charge in [-0.05, 0) is 60.5 Å². The van der Waals surface area contributed by atoms with E-state index in [1.807, 2.05) is 51.1 Å². The number of aryl methyl sites for hydroxylation is 3. The van der Waals surface area contributed by atoms with E-state index in [1.165, 1.54) is 0 Å². The van der Waals surface area contributed by atoms with Crippen LogP contribution in [0.4, 0.5) is 5.69 Å². The number of halogens is 1. The summed E-state index contributed by atoms with van der Waals surface area (Å²) in [6.07, 6.45) is 0.471. The number of amides is 1. The van der Waals surface area contributed by atoms with Gasteiger partial charge in [-0.1, -0.05) is 12.1 Å². The van der Waals surface area contributed by atoms with E-state index in [4.69, 9.17) is 0 Å². The van der Waals surface area contributed by atoms with Gasteiger partial charge in [0.2, 0.25) is 5.91 Å². The molecule has 1 aromatic heterocycles. The minimum Gasteiger partial charge on any atom is -0.324 e. The maximum atomic E-state index is 12.1. The summed E-state index contributed by atoms with van der Waals surface area (Å²) in [5.74, 6) is 0.766. The summed E-state index contributed by atoms with van der Waals surface area (Å²) in [5, 5.41) is 2.98. The van der Waals surface area contributed by atoms with Crippen LogP contribution in [0, 0.1) is 20.8 Å². The molecule has 0 spiro atoms. The predicted octanol–water partition coefficient (Wildman–Crippen LogP) is 4.89. The summed E-state index contributed by atoms with van der Waals surface area (Å²) in [6.45, 7) is 5.87. The molecule has 0 unspecified atom stereocenters. The molecule has 0 saturated carbocycles. The van der Waals surface area contributed by atoms with Gasteiger partial charge in [0.05, 0.1) is 11.4 Å². The van der Waals surface area contributed by atoms with Gasteiger partial charge in [-0.2, -0.15) is 0 Å². The number of aromatic nitrogens is 1. The Balaban J connectivity index is 1.90. The molecular formula is C17H19BrN2OS. The van der Waals surface area contributed by atoms with E-state index in [2.05, 4.69) is 26.2 Å². The number of thioether (sulfide) groups is 1. The Hall–Kier alpha value is -1.33. The van der Waals surface area contributed by atoms with Crippen molar-refractivity contribution in [1.29, 1.82) is 0 Å². The van der Waals surface area contributed by atoms with Crippen LogP contribution in [0.2, 0.25) is 0 Å². The van der Waals surface area contributed by atoms with Crippen LogP contribution in [-0.2, 0) is 4.79 Å². The molecule has 0 fully saturated rings. The minimum absolute atomic E-state index is 0.0245. The maximum absolute atomic E-state index is 12.1. The lowest BCUT2D eigenvalue weighted by Gasteiger charge is -2.12. The fraction of sp³-hybridized carbons (Fsp3) is 0.294. The molecular weight excluding hydrogens is 360 g/mol. The number of carbonyl (C=O) groups is 1. The number of anilines is 1. The maximum Gasteiger partial charge on any atom is 0.225 e. The van der Waals surface area contributed by atoms with Gasteiger partial charge in [-0.25, -0.2) is 0 Å². The monoisotopic (exact) mass is 378 g/mol. The lowest BCUT2D eigenvalue weighted by atomic mass is 10.1. The fourth-order valence-electron chi connectivity index (χ4n) is 2.23. The van der Waals surface area contributed by atoms with Gasteiger partial charge in [0.1, 0.15) is 0 Å². The van der Waals surface area contributed by atoms with E-state index in [1.54, 1.807) is 11.8 Å². The summed E-state index contributed by atoms with van der Waals surface area (Å²) < 4.78 is 1.06. The number of carbonyl (C=O) groups excluding carboxylic acids is 1. The van der Waals surface area contributed by atoms with Crippen LogP contribution in [0.5, 0.6) is 0 Å². The molecule has 3 nitrogen and oxygen atoms in total. The van der Waals surface area contributed by atoms with Crippen LogP contribution in [0.1, 0.15) is 23.4 Å². The first kappa shape index (κ1) is 17.0. The Morgan fingerprint density at radius 1 is 1.27 bits per heavy atom. The fourth-order valence-corrected chi connectivity index (χ4v) is 3.75. The molecule has 1 heterocycles. The van der Waals surface area contributed by atoms with Crippen molar-refractivity contribution in [2.75, 3.05) is 11.1 Å². The molecule has 0 aliphatic heterocycles. The molecule has 0 saturated heterocycles. The normalized spacial score (nSPS) is 10.5. The first-order chi connectivity index (χ1) is 10.5. The molecule has 2 rings (SSSR count). The van der Waals surface area contributed by atoms with Crippen molar-refractivity contribution in [3.8, 4) is 0 Å². The molecule has 0 radical (unpaired) electrons. The molecule has 22 heavy (non-hydrogen) atoms. The molecule has 2 aromatic rings. The van der Waals surface area contributed by atoms with Crippen LogP contribution in [0.3, 0.4) is 0 Å². The van der Waals surface area contributed by atoms with Crippen molar-refractivity contribution in [1.82, 2.24) is 4.98 Å². The van der Waals surface area contributed by atoms with Gasteiger partial charge in [0.25, 0.3) is 0 Å².